The second-order valence-electron chi connectivity index (χ2n) is 7.59. The second-order valence-corrected chi connectivity index (χ2v) is 7.59. The number of nitrogens with zero attached hydrogens (tertiary/aromatic N) is 5. The van der Waals surface area contributed by atoms with Crippen LogP contribution in [-0.4, -0.2) is 43.3 Å². The third kappa shape index (κ3) is 3.91. The van der Waals surface area contributed by atoms with Gasteiger partial charge in [0.05, 0.1) is 18.2 Å². The third-order valence-corrected chi connectivity index (χ3v) is 5.09. The molecule has 4 heterocycles. The highest BCUT2D eigenvalue weighted by Gasteiger charge is 2.28. The molecule has 0 unspecified atom stereocenters. The van der Waals surface area contributed by atoms with Gasteiger partial charge < -0.3 is 15.4 Å². The second kappa shape index (κ2) is 8.10. The lowest BCUT2D eigenvalue weighted by Gasteiger charge is -2.35. The van der Waals surface area contributed by atoms with Crippen LogP contribution in [-0.2, 0) is 4.74 Å². The molecule has 1 aliphatic heterocycles. The molecule has 1 aliphatic rings. The number of fused-ring (bicyclic) bond motifs is 1. The van der Waals surface area contributed by atoms with Crippen molar-refractivity contribution in [3.8, 4) is 0 Å². The molecule has 1 saturated heterocycles. The number of pyridine rings is 1. The van der Waals surface area contributed by atoms with E-state index >= 15 is 0 Å². The van der Waals surface area contributed by atoms with Gasteiger partial charge in [0, 0.05) is 19.0 Å². The fourth-order valence-electron chi connectivity index (χ4n) is 3.73. The molecule has 0 spiro atoms. The van der Waals surface area contributed by atoms with Crippen LogP contribution < -0.4 is 10.6 Å². The van der Waals surface area contributed by atoms with E-state index < -0.39 is 0 Å². The van der Waals surface area contributed by atoms with E-state index in [1.807, 2.05) is 41.8 Å². The van der Waals surface area contributed by atoms with E-state index in [1.54, 1.807) is 6.20 Å². The van der Waals surface area contributed by atoms with Crippen LogP contribution >= 0.6 is 0 Å². The Morgan fingerprint density at radius 1 is 1.18 bits per heavy atom. The van der Waals surface area contributed by atoms with Crippen LogP contribution in [0.25, 0.3) is 5.65 Å². The van der Waals surface area contributed by atoms with Gasteiger partial charge in [0.1, 0.15) is 5.82 Å². The molecular formula is C20H27N7O. The van der Waals surface area contributed by atoms with E-state index in [-0.39, 0.29) is 18.2 Å². The molecule has 8 nitrogen and oxygen atoms in total. The SMILES string of the molecule is CC(C)[C@H]1OCCC[C@@H]1Nc1ccnc(N[C@@H](C)c2nnc3ccccn23)n1. The number of hydrogen-bond acceptors (Lipinski definition) is 7. The summed E-state index contributed by atoms with van der Waals surface area (Å²) in [6.45, 7) is 7.25. The van der Waals surface area contributed by atoms with Crippen molar-refractivity contribution in [1.29, 1.82) is 0 Å². The first kappa shape index (κ1) is 18.6. The average Bonchev–Trinajstić information content (AvgIpc) is 3.13. The van der Waals surface area contributed by atoms with Gasteiger partial charge in [0.2, 0.25) is 5.95 Å². The maximum atomic E-state index is 5.97. The lowest BCUT2D eigenvalue weighted by Crippen LogP contribution is -2.43. The van der Waals surface area contributed by atoms with Gasteiger partial charge in [-0.15, -0.1) is 10.2 Å². The zero-order chi connectivity index (χ0) is 19.5. The molecule has 0 aliphatic carbocycles. The van der Waals surface area contributed by atoms with Crippen molar-refractivity contribution in [2.45, 2.75) is 51.8 Å². The van der Waals surface area contributed by atoms with Crippen molar-refractivity contribution in [1.82, 2.24) is 24.6 Å². The van der Waals surface area contributed by atoms with E-state index in [2.05, 4.69) is 44.6 Å². The molecular weight excluding hydrogens is 354 g/mol. The summed E-state index contributed by atoms with van der Waals surface area (Å²) in [6.07, 6.45) is 6.06. The number of rotatable bonds is 6. The fraction of sp³-hybridized carbons (Fsp3) is 0.500. The number of nitrogens with one attached hydrogen (secondary N) is 2. The van der Waals surface area contributed by atoms with Crippen molar-refractivity contribution < 1.29 is 4.74 Å². The van der Waals surface area contributed by atoms with Gasteiger partial charge in [0.25, 0.3) is 0 Å². The number of ether oxygens (including phenoxy) is 1. The Morgan fingerprint density at radius 3 is 2.93 bits per heavy atom. The molecule has 3 aromatic heterocycles. The van der Waals surface area contributed by atoms with Gasteiger partial charge in [-0.2, -0.15) is 4.98 Å². The molecule has 148 valence electrons. The van der Waals surface area contributed by atoms with Crippen LogP contribution in [0.2, 0.25) is 0 Å². The van der Waals surface area contributed by atoms with Crippen LogP contribution in [0.4, 0.5) is 11.8 Å². The Hall–Kier alpha value is -2.74. The molecule has 2 N–H and O–H groups in total. The van der Waals surface area contributed by atoms with Crippen LogP contribution in [0.1, 0.15) is 45.5 Å². The van der Waals surface area contributed by atoms with E-state index in [1.165, 1.54) is 0 Å². The minimum atomic E-state index is -0.0888. The minimum Gasteiger partial charge on any atom is -0.376 e. The number of hydrogen-bond donors (Lipinski definition) is 2. The largest absolute Gasteiger partial charge is 0.376 e. The molecule has 1 fully saturated rings. The van der Waals surface area contributed by atoms with Gasteiger partial charge in [0.15, 0.2) is 11.5 Å². The highest BCUT2D eigenvalue weighted by Crippen LogP contribution is 2.24. The molecule has 3 atom stereocenters. The standard InChI is InChI=1S/C20H27N7O/c1-13(2)18-15(7-6-12-28-18)23-16-9-10-21-20(24-16)22-14(3)19-26-25-17-8-4-5-11-27(17)19/h4-5,8-11,13-15,18H,6-7,12H2,1-3H3,(H2,21,22,23,24)/t14-,15-,18+/m0/s1. The van der Waals surface area contributed by atoms with Crippen LogP contribution in [0, 0.1) is 5.92 Å². The van der Waals surface area contributed by atoms with Crippen LogP contribution in [0.3, 0.4) is 0 Å². The molecule has 0 radical (unpaired) electrons. The van der Waals surface area contributed by atoms with Crippen molar-refractivity contribution in [2.75, 3.05) is 17.2 Å². The summed E-state index contributed by atoms with van der Waals surface area (Å²) in [5.74, 6) is 2.64. The topological polar surface area (TPSA) is 89.3 Å². The van der Waals surface area contributed by atoms with Crippen LogP contribution in [0.15, 0.2) is 36.7 Å². The Labute approximate surface area is 164 Å². The molecule has 0 aromatic carbocycles. The summed E-state index contributed by atoms with van der Waals surface area (Å²) >= 11 is 0. The van der Waals surface area contributed by atoms with E-state index in [4.69, 9.17) is 4.74 Å². The van der Waals surface area contributed by atoms with E-state index in [9.17, 15) is 0 Å². The van der Waals surface area contributed by atoms with Crippen molar-refractivity contribution >= 4 is 17.4 Å². The van der Waals surface area contributed by atoms with E-state index in [0.717, 1.165) is 36.7 Å². The molecule has 28 heavy (non-hydrogen) atoms. The van der Waals surface area contributed by atoms with Gasteiger partial charge >= 0.3 is 0 Å². The van der Waals surface area contributed by atoms with Gasteiger partial charge in [-0.1, -0.05) is 19.9 Å². The zero-order valence-electron chi connectivity index (χ0n) is 16.5. The zero-order valence-corrected chi connectivity index (χ0v) is 16.5. The molecule has 0 amide bonds. The van der Waals surface area contributed by atoms with Crippen molar-refractivity contribution in [3.63, 3.8) is 0 Å². The Bertz CT molecular complexity index is 926. The van der Waals surface area contributed by atoms with Crippen molar-refractivity contribution in [3.05, 3.63) is 42.5 Å². The highest BCUT2D eigenvalue weighted by molar-refractivity contribution is 5.42. The van der Waals surface area contributed by atoms with Crippen LogP contribution in [0.5, 0.6) is 0 Å². The van der Waals surface area contributed by atoms with Gasteiger partial charge in [-0.3, -0.25) is 4.40 Å². The lowest BCUT2D eigenvalue weighted by molar-refractivity contribution is -0.0203. The summed E-state index contributed by atoms with van der Waals surface area (Å²) in [5.41, 5.74) is 0.819. The fourth-order valence-corrected chi connectivity index (χ4v) is 3.73. The molecule has 0 saturated carbocycles. The molecule has 3 aromatic rings. The average molecular weight is 381 g/mol. The Balaban J connectivity index is 1.47. The minimum absolute atomic E-state index is 0.0888. The summed E-state index contributed by atoms with van der Waals surface area (Å²) in [4.78, 5) is 9.01. The lowest BCUT2D eigenvalue weighted by atomic mass is 9.94. The molecule has 8 heteroatoms. The normalized spacial score (nSPS) is 21.0. The van der Waals surface area contributed by atoms with Crippen molar-refractivity contribution in [2.24, 2.45) is 5.92 Å². The van der Waals surface area contributed by atoms with Gasteiger partial charge in [-0.25, -0.2) is 4.98 Å². The summed E-state index contributed by atoms with van der Waals surface area (Å²) < 4.78 is 7.93. The molecule has 4 rings (SSSR count). The predicted octanol–water partition coefficient (Wildman–Crippen LogP) is 3.31. The summed E-state index contributed by atoms with van der Waals surface area (Å²) in [6, 6.07) is 7.91. The summed E-state index contributed by atoms with van der Waals surface area (Å²) in [5, 5.41) is 15.4. The first-order valence-electron chi connectivity index (χ1n) is 9.89. The first-order chi connectivity index (χ1) is 13.6. The highest BCUT2D eigenvalue weighted by atomic mass is 16.5. The van der Waals surface area contributed by atoms with E-state index in [0.29, 0.717) is 11.9 Å². The summed E-state index contributed by atoms with van der Waals surface area (Å²) in [7, 11) is 0. The maximum absolute atomic E-state index is 5.97. The number of anilines is 2. The Morgan fingerprint density at radius 2 is 2.07 bits per heavy atom. The maximum Gasteiger partial charge on any atom is 0.225 e. The Kier molecular flexibility index (Phi) is 5.38. The smallest absolute Gasteiger partial charge is 0.225 e. The monoisotopic (exact) mass is 381 g/mol. The first-order valence-corrected chi connectivity index (χ1v) is 9.89. The molecule has 0 bridgehead atoms. The number of aromatic nitrogens is 5. The third-order valence-electron chi connectivity index (χ3n) is 5.09. The quantitative estimate of drug-likeness (QED) is 0.677. The predicted molar refractivity (Wildman–Crippen MR) is 108 cm³/mol. The van der Waals surface area contributed by atoms with Gasteiger partial charge in [-0.05, 0) is 43.9 Å².